The molecule has 0 spiro atoms. The molecule has 0 atom stereocenters. The lowest BCUT2D eigenvalue weighted by atomic mass is 10.1. The van der Waals surface area contributed by atoms with Gasteiger partial charge in [-0.25, -0.2) is 9.98 Å². The minimum atomic E-state index is 0. The maximum atomic E-state index is 5.06. The number of hydrogen-bond acceptors (Lipinski definition) is 6. The van der Waals surface area contributed by atoms with E-state index in [9.17, 15) is 0 Å². The molecule has 0 unspecified atom stereocenters. The van der Waals surface area contributed by atoms with E-state index in [1.54, 1.807) is 0 Å². The molecule has 30 heavy (non-hydrogen) atoms. The van der Waals surface area contributed by atoms with Gasteiger partial charge >= 0.3 is 1.43 Å². The van der Waals surface area contributed by atoms with Crippen LogP contribution in [0.4, 0.5) is 34.1 Å². The highest BCUT2D eigenvalue weighted by molar-refractivity contribution is 6.02. The predicted octanol–water partition coefficient (Wildman–Crippen LogP) is 3.43. The average molecular weight is 404 g/mol. The number of rotatable bonds is 6. The largest absolute Gasteiger partial charge is 1.00 e. The summed E-state index contributed by atoms with van der Waals surface area (Å²) < 4.78 is 0. The Morgan fingerprint density at radius 3 is 1.17 bits per heavy atom. The van der Waals surface area contributed by atoms with Crippen molar-refractivity contribution in [2.45, 2.75) is 0 Å². The van der Waals surface area contributed by atoms with Crippen molar-refractivity contribution in [2.24, 2.45) is 9.98 Å². The Morgan fingerprint density at radius 2 is 0.867 bits per heavy atom. The van der Waals surface area contributed by atoms with Crippen molar-refractivity contribution in [1.82, 2.24) is 0 Å². The quantitative estimate of drug-likeness (QED) is 0.494. The number of fused-ring (bicyclic) bond motifs is 1. The van der Waals surface area contributed by atoms with Gasteiger partial charge in [-0.1, -0.05) is 24.3 Å². The average Bonchev–Trinajstić information content (AvgIpc) is 3.55. The van der Waals surface area contributed by atoms with Crippen molar-refractivity contribution in [1.29, 1.82) is 0 Å². The van der Waals surface area contributed by atoms with E-state index in [1.807, 2.05) is 0 Å². The summed E-state index contributed by atoms with van der Waals surface area (Å²) in [7, 11) is 16.5. The zero-order chi connectivity index (χ0) is 21.7. The van der Waals surface area contributed by atoms with Crippen molar-refractivity contribution in [3.8, 4) is 0 Å². The molecule has 0 N–H and O–H groups in total. The second-order valence-electron chi connectivity index (χ2n) is 8.55. The highest BCUT2D eigenvalue weighted by Crippen LogP contribution is 2.38. The molecule has 0 bridgehead atoms. The second-order valence-corrected chi connectivity index (χ2v) is 8.55. The molecule has 0 saturated heterocycles. The monoisotopic (exact) mass is 403 g/mol. The van der Waals surface area contributed by atoms with Gasteiger partial charge in [0, 0.05) is 61.8 Å². The lowest BCUT2D eigenvalue weighted by Crippen LogP contribution is -2.08. The molecular weight excluding hydrogens is 372 g/mol. The van der Waals surface area contributed by atoms with Crippen LogP contribution in [0.25, 0.3) is 10.8 Å². The fraction of sp³-hybridized carbons (Fsp3) is 0.333. The molecule has 0 aliphatic carbocycles. The third kappa shape index (κ3) is 3.32. The van der Waals surface area contributed by atoms with Crippen LogP contribution in [0, 0.1) is 0 Å². The Bertz CT molecular complexity index is 1120. The summed E-state index contributed by atoms with van der Waals surface area (Å²) in [5.74, 6) is 0. The summed E-state index contributed by atoms with van der Waals surface area (Å²) in [5, 5.41) is 4.33. The smallest absolute Gasteiger partial charge is 0.374 e. The summed E-state index contributed by atoms with van der Waals surface area (Å²) in [4.78, 5) is 18.6. The van der Waals surface area contributed by atoms with Gasteiger partial charge in [-0.05, 0) is 17.5 Å². The van der Waals surface area contributed by atoms with Crippen molar-refractivity contribution in [3.05, 3.63) is 47.1 Å². The molecule has 0 radical (unpaired) electrons. The minimum Gasteiger partial charge on any atom is -0.374 e. The maximum Gasteiger partial charge on any atom is 1.00 e. The van der Waals surface area contributed by atoms with Crippen molar-refractivity contribution in [3.63, 3.8) is 0 Å². The van der Waals surface area contributed by atoms with Gasteiger partial charge in [0.25, 0.3) is 0 Å². The Kier molecular flexibility index (Phi) is 4.80. The van der Waals surface area contributed by atoms with Gasteiger partial charge in [0.1, 0.15) is 10.7 Å². The van der Waals surface area contributed by atoms with Crippen LogP contribution >= 0.6 is 0 Å². The SMILES string of the molecule is CN(C)c1c(N(C)C)c1=Nc1cccc2cccc(N=c3c(N(C)C)c3N(C)C)c12.[H+]. The standard InChI is InChI=1S/C24H30N6/c1-27(2)21-19(22(21)28(3)4)25-16-13-9-11-15-12-10-14-17(18(15)16)26-20-23(29(5)6)24(20)30(7)8/h9-14H,1-8H3/p+1. The van der Waals surface area contributed by atoms with E-state index in [1.165, 1.54) is 22.7 Å². The van der Waals surface area contributed by atoms with Crippen LogP contribution in [0.2, 0.25) is 0 Å². The molecule has 4 rings (SSSR count). The summed E-state index contributed by atoms with van der Waals surface area (Å²) in [5.41, 5.74) is 6.67. The van der Waals surface area contributed by atoms with Gasteiger partial charge < -0.3 is 19.6 Å². The zero-order valence-corrected chi connectivity index (χ0v) is 19.1. The fourth-order valence-electron chi connectivity index (χ4n) is 3.95. The Morgan fingerprint density at radius 1 is 0.533 bits per heavy atom. The fourth-order valence-corrected chi connectivity index (χ4v) is 3.95. The third-order valence-corrected chi connectivity index (χ3v) is 5.33. The van der Waals surface area contributed by atoms with E-state index in [4.69, 9.17) is 9.98 Å². The lowest BCUT2D eigenvalue weighted by molar-refractivity contribution is 1.12. The molecule has 156 valence electrons. The molecule has 6 nitrogen and oxygen atoms in total. The van der Waals surface area contributed by atoms with Crippen LogP contribution in [0.5, 0.6) is 0 Å². The first-order valence-electron chi connectivity index (χ1n) is 10.1. The summed E-state index contributed by atoms with van der Waals surface area (Å²) in [6, 6.07) is 12.6. The first-order valence-corrected chi connectivity index (χ1v) is 10.1. The van der Waals surface area contributed by atoms with Crippen LogP contribution in [0.1, 0.15) is 1.43 Å². The maximum absolute atomic E-state index is 5.06. The molecule has 4 aromatic carbocycles. The summed E-state index contributed by atoms with van der Waals surface area (Å²) >= 11 is 0. The third-order valence-electron chi connectivity index (χ3n) is 5.33. The van der Waals surface area contributed by atoms with Gasteiger partial charge in [-0.15, -0.1) is 0 Å². The van der Waals surface area contributed by atoms with Crippen molar-refractivity contribution < 1.29 is 1.43 Å². The number of hydrogen-bond donors (Lipinski definition) is 0. The lowest BCUT2D eigenvalue weighted by Gasteiger charge is -2.07. The van der Waals surface area contributed by atoms with Crippen molar-refractivity contribution >= 4 is 44.9 Å². The molecule has 4 aromatic rings. The molecular formula is C24H31N6+. The highest BCUT2D eigenvalue weighted by Gasteiger charge is 2.25. The summed E-state index contributed by atoms with van der Waals surface area (Å²) in [6.45, 7) is 0. The van der Waals surface area contributed by atoms with E-state index >= 15 is 0 Å². The van der Waals surface area contributed by atoms with E-state index < -0.39 is 0 Å². The van der Waals surface area contributed by atoms with Crippen LogP contribution in [-0.2, 0) is 0 Å². The van der Waals surface area contributed by atoms with Crippen LogP contribution < -0.4 is 30.3 Å². The molecule has 0 heterocycles. The molecule has 0 aliphatic heterocycles. The topological polar surface area (TPSA) is 37.7 Å². The van der Waals surface area contributed by atoms with Gasteiger partial charge in [-0.3, -0.25) is 0 Å². The van der Waals surface area contributed by atoms with E-state index in [0.717, 1.165) is 32.9 Å². The van der Waals surface area contributed by atoms with Crippen LogP contribution in [0.15, 0.2) is 46.4 Å². The van der Waals surface area contributed by atoms with E-state index in [2.05, 4.69) is 112 Å². The Balaban J connectivity index is 0.00000272. The molecule has 0 fully saturated rings. The number of nitrogens with zero attached hydrogens (tertiary/aromatic N) is 6. The van der Waals surface area contributed by atoms with Crippen molar-refractivity contribution in [2.75, 3.05) is 76.0 Å². The normalized spacial score (nSPS) is 11.3. The molecule has 0 aliphatic rings. The predicted molar refractivity (Wildman–Crippen MR) is 130 cm³/mol. The van der Waals surface area contributed by atoms with E-state index in [0.29, 0.717) is 0 Å². The van der Waals surface area contributed by atoms with Gasteiger partial charge in [0.15, 0.2) is 0 Å². The first-order chi connectivity index (χ1) is 14.2. The van der Waals surface area contributed by atoms with Gasteiger partial charge in [0.2, 0.25) is 0 Å². The highest BCUT2D eigenvalue weighted by atomic mass is 15.2. The van der Waals surface area contributed by atoms with Crippen LogP contribution in [-0.4, -0.2) is 56.4 Å². The molecule has 6 heteroatoms. The van der Waals surface area contributed by atoms with Gasteiger partial charge in [0.05, 0.1) is 34.1 Å². The van der Waals surface area contributed by atoms with Gasteiger partial charge in [-0.2, -0.15) is 0 Å². The molecule has 0 aromatic heterocycles. The van der Waals surface area contributed by atoms with E-state index in [-0.39, 0.29) is 1.43 Å². The Labute approximate surface area is 179 Å². The minimum absolute atomic E-state index is 0. The molecule has 0 amide bonds. The second kappa shape index (κ2) is 7.20. The zero-order valence-electron chi connectivity index (χ0n) is 20.1. The number of anilines is 4. The molecule has 0 saturated carbocycles. The Hall–Kier alpha value is -3.28. The first kappa shape index (κ1) is 20.0. The van der Waals surface area contributed by atoms with Crippen LogP contribution in [0.3, 0.4) is 0 Å². The summed E-state index contributed by atoms with van der Waals surface area (Å²) in [6.07, 6.45) is 0. The number of benzene rings is 2.